The highest BCUT2D eigenvalue weighted by atomic mass is 16.6. The van der Waals surface area contributed by atoms with Gasteiger partial charge in [-0.3, -0.25) is 0 Å². The maximum atomic E-state index is 5.93. The third-order valence-corrected chi connectivity index (χ3v) is 2.47. The monoisotopic (exact) mass is 193 g/mol. The Morgan fingerprint density at radius 1 is 1.50 bits per heavy atom. The lowest BCUT2D eigenvalue weighted by atomic mass is 10.0. The minimum atomic E-state index is 0.128. The minimum absolute atomic E-state index is 0.128. The van der Waals surface area contributed by atoms with Crippen LogP contribution >= 0.6 is 0 Å². The van der Waals surface area contributed by atoms with Crippen molar-refractivity contribution in [1.29, 1.82) is 0 Å². The molecule has 2 N–H and O–H groups in total. The summed E-state index contributed by atoms with van der Waals surface area (Å²) < 4.78 is 10.2. The van der Waals surface area contributed by atoms with Gasteiger partial charge in [0.2, 0.25) is 0 Å². The van der Waals surface area contributed by atoms with E-state index in [1.165, 1.54) is 5.56 Å². The number of benzene rings is 1. The average molecular weight is 193 g/mol. The van der Waals surface area contributed by atoms with Crippen molar-refractivity contribution in [2.45, 2.75) is 18.6 Å². The fraction of sp³-hybridized carbons (Fsp3) is 0.455. The zero-order valence-electron chi connectivity index (χ0n) is 8.27. The van der Waals surface area contributed by atoms with Crippen LogP contribution in [0.3, 0.4) is 0 Å². The van der Waals surface area contributed by atoms with Crippen molar-refractivity contribution in [3.05, 3.63) is 29.8 Å². The molecule has 0 unspecified atom stereocenters. The molecule has 2 rings (SSSR count). The Morgan fingerprint density at radius 3 is 2.64 bits per heavy atom. The molecule has 0 radical (unpaired) electrons. The number of ether oxygens (including phenoxy) is 2. The summed E-state index contributed by atoms with van der Waals surface area (Å²) in [6.07, 6.45) is 1.14. The Kier molecular flexibility index (Phi) is 2.70. The smallest absolute Gasteiger partial charge is 0.118 e. The molecule has 1 saturated heterocycles. The molecule has 3 nitrogen and oxygen atoms in total. The summed E-state index contributed by atoms with van der Waals surface area (Å²) in [7, 11) is 1.67. The average Bonchev–Trinajstić information content (AvgIpc) is 3.02. The molecular weight excluding hydrogens is 178 g/mol. The summed E-state index contributed by atoms with van der Waals surface area (Å²) in [6, 6.07) is 8.12. The summed E-state index contributed by atoms with van der Waals surface area (Å²) in [4.78, 5) is 0. The third-order valence-electron chi connectivity index (χ3n) is 2.47. The van der Waals surface area contributed by atoms with Gasteiger partial charge in [-0.15, -0.1) is 0 Å². The molecule has 1 heterocycles. The SMILES string of the molecule is COc1ccc(C[C@H](N)[C@H]2CO2)cc1. The number of hydrogen-bond donors (Lipinski definition) is 1. The van der Waals surface area contributed by atoms with Crippen molar-refractivity contribution in [3.8, 4) is 5.75 Å². The lowest BCUT2D eigenvalue weighted by Crippen LogP contribution is -2.28. The summed E-state index contributed by atoms with van der Waals surface area (Å²) in [5, 5.41) is 0. The molecular formula is C11H15NO2. The van der Waals surface area contributed by atoms with E-state index in [1.54, 1.807) is 7.11 Å². The summed E-state index contributed by atoms with van der Waals surface area (Å²) in [6.45, 7) is 0.817. The van der Waals surface area contributed by atoms with Crippen LogP contribution in [0, 0.1) is 0 Å². The molecule has 0 bridgehead atoms. The first kappa shape index (κ1) is 9.49. The van der Waals surface area contributed by atoms with E-state index in [-0.39, 0.29) is 12.1 Å². The van der Waals surface area contributed by atoms with Crippen LogP contribution in [0.5, 0.6) is 5.75 Å². The Morgan fingerprint density at radius 2 is 2.14 bits per heavy atom. The largest absolute Gasteiger partial charge is 0.497 e. The van der Waals surface area contributed by atoms with Crippen LogP contribution in [0.25, 0.3) is 0 Å². The molecule has 3 heteroatoms. The van der Waals surface area contributed by atoms with Crippen molar-refractivity contribution in [1.82, 2.24) is 0 Å². The Bertz CT molecular complexity index is 293. The van der Waals surface area contributed by atoms with E-state index in [0.717, 1.165) is 18.8 Å². The van der Waals surface area contributed by atoms with Crippen molar-refractivity contribution < 1.29 is 9.47 Å². The van der Waals surface area contributed by atoms with E-state index in [2.05, 4.69) is 0 Å². The number of methoxy groups -OCH3 is 1. The summed E-state index contributed by atoms with van der Waals surface area (Å²) in [5.74, 6) is 0.880. The Labute approximate surface area is 83.8 Å². The molecule has 0 saturated carbocycles. The molecule has 1 aliphatic heterocycles. The van der Waals surface area contributed by atoms with Crippen LogP contribution in [0.4, 0.5) is 0 Å². The molecule has 1 aliphatic rings. The molecule has 0 amide bonds. The number of nitrogens with two attached hydrogens (primary N) is 1. The van der Waals surface area contributed by atoms with Crippen LogP contribution in [0.1, 0.15) is 5.56 Å². The highest BCUT2D eigenvalue weighted by Gasteiger charge is 2.29. The van der Waals surface area contributed by atoms with Gasteiger partial charge in [0, 0.05) is 6.04 Å². The molecule has 0 aromatic heterocycles. The van der Waals surface area contributed by atoms with E-state index in [0.29, 0.717) is 0 Å². The van der Waals surface area contributed by atoms with E-state index in [4.69, 9.17) is 15.2 Å². The van der Waals surface area contributed by atoms with Gasteiger partial charge in [-0.25, -0.2) is 0 Å². The lowest BCUT2D eigenvalue weighted by molar-refractivity contribution is 0.371. The van der Waals surface area contributed by atoms with Gasteiger partial charge in [0.1, 0.15) is 5.75 Å². The van der Waals surface area contributed by atoms with Gasteiger partial charge >= 0.3 is 0 Å². The van der Waals surface area contributed by atoms with Gasteiger partial charge in [0.15, 0.2) is 0 Å². The predicted octanol–water partition coefficient (Wildman–Crippen LogP) is 0.964. The zero-order valence-corrected chi connectivity index (χ0v) is 8.27. The van der Waals surface area contributed by atoms with Crippen LogP contribution < -0.4 is 10.5 Å². The van der Waals surface area contributed by atoms with Crippen molar-refractivity contribution in [2.75, 3.05) is 13.7 Å². The first-order chi connectivity index (χ1) is 6.79. The number of rotatable bonds is 4. The van der Waals surface area contributed by atoms with Crippen LogP contribution in [0.15, 0.2) is 24.3 Å². The second-order valence-electron chi connectivity index (χ2n) is 3.59. The third kappa shape index (κ3) is 2.25. The van der Waals surface area contributed by atoms with Crippen LogP contribution in [0.2, 0.25) is 0 Å². The van der Waals surface area contributed by atoms with E-state index in [9.17, 15) is 0 Å². The van der Waals surface area contributed by atoms with Gasteiger partial charge in [-0.1, -0.05) is 12.1 Å². The molecule has 1 aromatic carbocycles. The highest BCUT2D eigenvalue weighted by molar-refractivity contribution is 5.27. The molecule has 1 aromatic rings. The Hall–Kier alpha value is -1.06. The minimum Gasteiger partial charge on any atom is -0.497 e. The highest BCUT2D eigenvalue weighted by Crippen LogP contribution is 2.18. The van der Waals surface area contributed by atoms with E-state index in [1.807, 2.05) is 24.3 Å². The molecule has 14 heavy (non-hydrogen) atoms. The zero-order chi connectivity index (χ0) is 9.97. The maximum absolute atomic E-state index is 5.93. The van der Waals surface area contributed by atoms with Gasteiger partial charge in [0.05, 0.1) is 19.8 Å². The quantitative estimate of drug-likeness (QED) is 0.725. The first-order valence-electron chi connectivity index (χ1n) is 4.79. The molecule has 0 aliphatic carbocycles. The van der Waals surface area contributed by atoms with Crippen molar-refractivity contribution >= 4 is 0 Å². The van der Waals surface area contributed by atoms with Crippen LogP contribution in [-0.2, 0) is 11.2 Å². The second-order valence-corrected chi connectivity index (χ2v) is 3.59. The van der Waals surface area contributed by atoms with E-state index >= 15 is 0 Å². The van der Waals surface area contributed by atoms with Crippen LogP contribution in [-0.4, -0.2) is 25.9 Å². The fourth-order valence-electron chi connectivity index (χ4n) is 1.47. The van der Waals surface area contributed by atoms with Crippen molar-refractivity contribution in [3.63, 3.8) is 0 Å². The predicted molar refractivity (Wildman–Crippen MR) is 54.4 cm³/mol. The topological polar surface area (TPSA) is 47.8 Å². The molecule has 0 spiro atoms. The lowest BCUT2D eigenvalue weighted by Gasteiger charge is -2.08. The van der Waals surface area contributed by atoms with Gasteiger partial charge in [-0.2, -0.15) is 0 Å². The standard InChI is InChI=1S/C11H15NO2/c1-13-9-4-2-8(3-5-9)6-10(12)11-7-14-11/h2-5,10-11H,6-7,12H2,1H3/t10-,11+/m0/s1. The Balaban J connectivity index is 1.95. The number of hydrogen-bond acceptors (Lipinski definition) is 3. The maximum Gasteiger partial charge on any atom is 0.118 e. The normalized spacial score (nSPS) is 21.7. The van der Waals surface area contributed by atoms with Gasteiger partial charge in [0.25, 0.3) is 0 Å². The second kappa shape index (κ2) is 3.98. The molecule has 1 fully saturated rings. The number of epoxide rings is 1. The molecule has 2 atom stereocenters. The van der Waals surface area contributed by atoms with Crippen molar-refractivity contribution in [2.24, 2.45) is 5.73 Å². The summed E-state index contributed by atoms with van der Waals surface area (Å²) in [5.41, 5.74) is 7.16. The molecule has 76 valence electrons. The first-order valence-corrected chi connectivity index (χ1v) is 4.79. The fourth-order valence-corrected chi connectivity index (χ4v) is 1.47. The van der Waals surface area contributed by atoms with Gasteiger partial charge < -0.3 is 15.2 Å². The van der Waals surface area contributed by atoms with Gasteiger partial charge in [-0.05, 0) is 24.1 Å². The summed E-state index contributed by atoms with van der Waals surface area (Å²) >= 11 is 0. The van der Waals surface area contributed by atoms with E-state index < -0.39 is 0 Å².